The van der Waals surface area contributed by atoms with E-state index in [1.807, 2.05) is 12.1 Å². The first-order valence-corrected chi connectivity index (χ1v) is 6.99. The van der Waals surface area contributed by atoms with Gasteiger partial charge in [0.2, 0.25) is 0 Å². The van der Waals surface area contributed by atoms with E-state index in [-0.39, 0.29) is 6.29 Å². The maximum Gasteiger partial charge on any atom is 0.199 e. The molecule has 1 aromatic carbocycles. The fourth-order valence-electron chi connectivity index (χ4n) is 1.66. The number of hydrogen-bond donors (Lipinski definition) is 0. The van der Waals surface area contributed by atoms with Gasteiger partial charge in [0.25, 0.3) is 0 Å². The Morgan fingerprint density at radius 3 is 2.75 bits per heavy atom. The molecule has 0 spiro atoms. The lowest BCUT2D eigenvalue weighted by Crippen LogP contribution is -2.25. The molecule has 0 radical (unpaired) electrons. The Bertz CT molecular complexity index is 374. The number of rotatable bonds is 2. The van der Waals surface area contributed by atoms with E-state index in [0.29, 0.717) is 0 Å². The quantitative estimate of drug-likeness (QED) is 0.786. The molecule has 1 fully saturated rings. The molecule has 1 heterocycles. The number of aryl methyl sites for hydroxylation is 1. The zero-order valence-electron chi connectivity index (χ0n) is 9.13. The minimum absolute atomic E-state index is 0.0975. The second-order valence-corrected chi connectivity index (χ2v) is 5.65. The van der Waals surface area contributed by atoms with Crippen molar-refractivity contribution in [1.29, 1.82) is 0 Å². The average molecular weight is 350 g/mol. The third kappa shape index (κ3) is 2.99. The van der Waals surface area contributed by atoms with Gasteiger partial charge in [-0.05, 0) is 53.4 Å². The Balaban J connectivity index is 2.11. The Labute approximate surface area is 113 Å². The molecule has 1 saturated heterocycles. The van der Waals surface area contributed by atoms with E-state index >= 15 is 0 Å². The van der Waals surface area contributed by atoms with E-state index in [9.17, 15) is 0 Å². The summed E-state index contributed by atoms with van der Waals surface area (Å²) in [6.07, 6.45) is 3.19. The second kappa shape index (κ2) is 5.52. The van der Waals surface area contributed by atoms with Gasteiger partial charge in [-0.25, -0.2) is 0 Å². The van der Waals surface area contributed by atoms with Gasteiger partial charge in [-0.3, -0.25) is 0 Å². The topological polar surface area (TPSA) is 18.5 Å². The molecule has 1 aromatic rings. The van der Waals surface area contributed by atoms with Crippen molar-refractivity contribution in [1.82, 2.24) is 0 Å². The van der Waals surface area contributed by atoms with Crippen molar-refractivity contribution in [3.05, 3.63) is 26.6 Å². The summed E-state index contributed by atoms with van der Waals surface area (Å²) in [6, 6.07) is 4.03. The van der Waals surface area contributed by atoms with E-state index in [0.717, 1.165) is 34.1 Å². The average Bonchev–Trinajstić information content (AvgIpc) is 2.27. The molecule has 2 rings (SSSR count). The normalized spacial score (nSPS) is 20.8. The smallest absolute Gasteiger partial charge is 0.199 e. The standard InChI is InChI=1S/C12H14Br2O2/c1-8-6-10(14)11(7-9(8)13)16-12-4-2-3-5-15-12/h6-7,12H,2-5H2,1H3. The molecule has 0 amide bonds. The monoisotopic (exact) mass is 348 g/mol. The molecule has 1 unspecified atom stereocenters. The van der Waals surface area contributed by atoms with Crippen molar-refractivity contribution in [2.24, 2.45) is 0 Å². The van der Waals surface area contributed by atoms with Gasteiger partial charge < -0.3 is 9.47 Å². The first-order valence-electron chi connectivity index (χ1n) is 5.41. The molecule has 16 heavy (non-hydrogen) atoms. The van der Waals surface area contributed by atoms with Gasteiger partial charge in [-0.15, -0.1) is 0 Å². The van der Waals surface area contributed by atoms with Crippen LogP contribution in [0.4, 0.5) is 0 Å². The Kier molecular flexibility index (Phi) is 4.27. The summed E-state index contributed by atoms with van der Waals surface area (Å²) in [7, 11) is 0. The summed E-state index contributed by atoms with van der Waals surface area (Å²) in [5.74, 6) is 0.837. The van der Waals surface area contributed by atoms with Crippen molar-refractivity contribution >= 4 is 31.9 Å². The predicted octanol–water partition coefficient (Wildman–Crippen LogP) is 4.43. The minimum atomic E-state index is -0.0975. The van der Waals surface area contributed by atoms with E-state index in [1.54, 1.807) is 0 Å². The summed E-state index contributed by atoms with van der Waals surface area (Å²) < 4.78 is 13.4. The van der Waals surface area contributed by atoms with E-state index in [4.69, 9.17) is 9.47 Å². The van der Waals surface area contributed by atoms with Crippen LogP contribution in [0.5, 0.6) is 5.75 Å². The number of hydrogen-bond acceptors (Lipinski definition) is 2. The Hall–Kier alpha value is -0.0600. The lowest BCUT2D eigenvalue weighted by Gasteiger charge is -2.24. The molecular weight excluding hydrogens is 336 g/mol. The van der Waals surface area contributed by atoms with Crippen molar-refractivity contribution in [2.75, 3.05) is 6.61 Å². The number of benzene rings is 1. The van der Waals surface area contributed by atoms with Gasteiger partial charge in [0.05, 0.1) is 11.1 Å². The first kappa shape index (κ1) is 12.4. The van der Waals surface area contributed by atoms with Crippen molar-refractivity contribution in [2.45, 2.75) is 32.5 Å². The first-order chi connectivity index (χ1) is 7.66. The molecule has 0 saturated carbocycles. The van der Waals surface area contributed by atoms with Crippen LogP contribution in [-0.2, 0) is 4.74 Å². The Morgan fingerprint density at radius 1 is 1.25 bits per heavy atom. The molecule has 0 aromatic heterocycles. The summed E-state index contributed by atoms with van der Waals surface area (Å²) >= 11 is 7.01. The molecule has 2 nitrogen and oxygen atoms in total. The van der Waals surface area contributed by atoms with Crippen molar-refractivity contribution in [3.8, 4) is 5.75 Å². The lowest BCUT2D eigenvalue weighted by molar-refractivity contribution is -0.106. The minimum Gasteiger partial charge on any atom is -0.464 e. The second-order valence-electron chi connectivity index (χ2n) is 3.95. The Morgan fingerprint density at radius 2 is 2.06 bits per heavy atom. The van der Waals surface area contributed by atoms with Crippen LogP contribution in [0.2, 0.25) is 0 Å². The lowest BCUT2D eigenvalue weighted by atomic mass is 10.2. The molecule has 0 bridgehead atoms. The zero-order valence-corrected chi connectivity index (χ0v) is 12.3. The summed E-state index contributed by atoms with van der Waals surface area (Å²) in [5.41, 5.74) is 1.18. The van der Waals surface area contributed by atoms with Gasteiger partial charge >= 0.3 is 0 Å². The van der Waals surface area contributed by atoms with Gasteiger partial charge in [0.15, 0.2) is 6.29 Å². The molecule has 1 atom stereocenters. The van der Waals surface area contributed by atoms with Gasteiger partial charge in [0.1, 0.15) is 5.75 Å². The molecule has 1 aliphatic heterocycles. The van der Waals surface area contributed by atoms with E-state index in [2.05, 4.69) is 38.8 Å². The van der Waals surface area contributed by atoms with Crippen LogP contribution in [0.1, 0.15) is 24.8 Å². The van der Waals surface area contributed by atoms with Crippen LogP contribution in [0, 0.1) is 6.92 Å². The predicted molar refractivity (Wildman–Crippen MR) is 70.8 cm³/mol. The highest BCUT2D eigenvalue weighted by Gasteiger charge is 2.17. The molecule has 88 valence electrons. The largest absolute Gasteiger partial charge is 0.464 e. The maximum absolute atomic E-state index is 5.82. The molecular formula is C12H14Br2O2. The molecule has 0 aliphatic carbocycles. The zero-order chi connectivity index (χ0) is 11.5. The van der Waals surface area contributed by atoms with Gasteiger partial charge in [-0.2, -0.15) is 0 Å². The van der Waals surface area contributed by atoms with Crippen LogP contribution in [0.25, 0.3) is 0 Å². The van der Waals surface area contributed by atoms with E-state index in [1.165, 1.54) is 12.0 Å². The fourth-order valence-corrected chi connectivity index (χ4v) is 2.54. The van der Waals surface area contributed by atoms with Crippen molar-refractivity contribution in [3.63, 3.8) is 0 Å². The van der Waals surface area contributed by atoms with Crippen LogP contribution >= 0.6 is 31.9 Å². The summed E-state index contributed by atoms with van der Waals surface area (Å²) in [5, 5.41) is 0. The molecule has 1 aliphatic rings. The fraction of sp³-hybridized carbons (Fsp3) is 0.500. The van der Waals surface area contributed by atoms with Crippen LogP contribution in [0.3, 0.4) is 0 Å². The third-order valence-electron chi connectivity index (χ3n) is 2.61. The number of ether oxygens (including phenoxy) is 2. The summed E-state index contributed by atoms with van der Waals surface area (Å²) in [6.45, 7) is 2.85. The van der Waals surface area contributed by atoms with Crippen LogP contribution < -0.4 is 4.74 Å². The summed E-state index contributed by atoms with van der Waals surface area (Å²) in [4.78, 5) is 0. The highest BCUT2D eigenvalue weighted by atomic mass is 79.9. The number of halogens is 2. The highest BCUT2D eigenvalue weighted by molar-refractivity contribution is 9.11. The maximum atomic E-state index is 5.82. The SMILES string of the molecule is Cc1cc(Br)c(OC2CCCCO2)cc1Br. The molecule has 0 N–H and O–H groups in total. The van der Waals surface area contributed by atoms with Crippen LogP contribution in [0.15, 0.2) is 21.1 Å². The third-order valence-corrected chi connectivity index (χ3v) is 4.08. The molecule has 4 heteroatoms. The highest BCUT2D eigenvalue weighted by Crippen LogP contribution is 2.33. The van der Waals surface area contributed by atoms with Crippen molar-refractivity contribution < 1.29 is 9.47 Å². The van der Waals surface area contributed by atoms with Gasteiger partial charge in [-0.1, -0.05) is 15.9 Å². The van der Waals surface area contributed by atoms with Crippen LogP contribution in [-0.4, -0.2) is 12.9 Å². The van der Waals surface area contributed by atoms with Gasteiger partial charge in [0, 0.05) is 10.9 Å². The van der Waals surface area contributed by atoms with E-state index < -0.39 is 0 Å².